The first kappa shape index (κ1) is 24.8. The molecule has 0 atom stereocenters. The minimum Gasteiger partial charge on any atom is -0.487 e. The Morgan fingerprint density at radius 1 is 1.03 bits per heavy atom. The van der Waals surface area contributed by atoms with Gasteiger partial charge in [0.2, 0.25) is 0 Å². The van der Waals surface area contributed by atoms with Gasteiger partial charge in [0.15, 0.2) is 9.84 Å². The molecule has 0 spiro atoms. The van der Waals surface area contributed by atoms with Gasteiger partial charge >= 0.3 is 6.18 Å². The van der Waals surface area contributed by atoms with Crippen LogP contribution in [0, 0.1) is 0 Å². The van der Waals surface area contributed by atoms with Crippen LogP contribution in [0.1, 0.15) is 36.7 Å². The molecule has 0 bridgehead atoms. The number of carbonyl (C=O) groups excluding carboxylic acids is 1. The van der Waals surface area contributed by atoms with Gasteiger partial charge in [0.05, 0.1) is 16.0 Å². The summed E-state index contributed by atoms with van der Waals surface area (Å²) in [5.41, 5.74) is -1.28. The van der Waals surface area contributed by atoms with Gasteiger partial charge in [-0.15, -0.1) is 0 Å². The summed E-state index contributed by atoms with van der Waals surface area (Å²) in [6.45, 7) is 6.46. The monoisotopic (exact) mass is 485 g/mol. The summed E-state index contributed by atoms with van der Waals surface area (Å²) in [7, 11) is -3.55. The standard InChI is InChI=1S/C22H26F3N3O4S/c1-21(2,3)32-18-6-5-16(33(4,30)31)14-17(18)20(29)28-11-9-27(10-12-28)19-13-15(7-8-26-19)22(23,24)25/h5-8,13-14H,9-12H2,1-4H3. The molecule has 1 aromatic heterocycles. The third-order valence-corrected chi connectivity index (χ3v) is 6.10. The summed E-state index contributed by atoms with van der Waals surface area (Å²) >= 11 is 0. The predicted molar refractivity (Wildman–Crippen MR) is 117 cm³/mol. The molecule has 11 heteroatoms. The van der Waals surface area contributed by atoms with Gasteiger partial charge in [-0.05, 0) is 51.1 Å². The first-order chi connectivity index (χ1) is 15.1. The number of hydrogen-bond donors (Lipinski definition) is 0. The maximum absolute atomic E-state index is 13.3. The molecule has 7 nitrogen and oxygen atoms in total. The number of halogens is 3. The highest BCUT2D eigenvalue weighted by atomic mass is 32.2. The van der Waals surface area contributed by atoms with Crippen molar-refractivity contribution in [2.24, 2.45) is 0 Å². The smallest absolute Gasteiger partial charge is 0.416 e. The second-order valence-corrected chi connectivity index (χ2v) is 10.8. The minimum absolute atomic E-state index is 0.00101. The molecule has 1 aliphatic rings. The van der Waals surface area contributed by atoms with E-state index in [0.29, 0.717) is 0 Å². The molecule has 2 aromatic rings. The first-order valence-electron chi connectivity index (χ1n) is 10.3. The summed E-state index contributed by atoms with van der Waals surface area (Å²) in [5.74, 6) is 0.0472. The van der Waals surface area contributed by atoms with Crippen LogP contribution in [0.3, 0.4) is 0 Å². The van der Waals surface area contributed by atoms with E-state index < -0.39 is 33.1 Å². The number of benzene rings is 1. The van der Waals surface area contributed by atoms with Crippen LogP contribution in [0.5, 0.6) is 5.75 Å². The second kappa shape index (κ2) is 8.85. The lowest BCUT2D eigenvalue weighted by atomic mass is 10.1. The lowest BCUT2D eigenvalue weighted by molar-refractivity contribution is -0.137. The van der Waals surface area contributed by atoms with Crippen molar-refractivity contribution < 1.29 is 31.1 Å². The Labute approximate surface area is 191 Å². The van der Waals surface area contributed by atoms with E-state index in [4.69, 9.17) is 4.74 Å². The van der Waals surface area contributed by atoms with Crippen LogP contribution in [-0.4, -0.2) is 62.2 Å². The van der Waals surface area contributed by atoms with Gasteiger partial charge in [0.1, 0.15) is 17.2 Å². The number of alkyl halides is 3. The zero-order valence-electron chi connectivity index (χ0n) is 18.8. The number of sulfone groups is 1. The second-order valence-electron chi connectivity index (χ2n) is 8.82. The molecule has 33 heavy (non-hydrogen) atoms. The average molecular weight is 486 g/mol. The van der Waals surface area contributed by atoms with Gasteiger partial charge in [-0.25, -0.2) is 13.4 Å². The van der Waals surface area contributed by atoms with Crippen molar-refractivity contribution in [1.29, 1.82) is 0 Å². The van der Waals surface area contributed by atoms with Crippen molar-refractivity contribution in [2.45, 2.75) is 37.4 Å². The van der Waals surface area contributed by atoms with Gasteiger partial charge in [0, 0.05) is 38.6 Å². The molecule has 1 aromatic carbocycles. The highest BCUT2D eigenvalue weighted by Gasteiger charge is 2.32. The van der Waals surface area contributed by atoms with E-state index >= 15 is 0 Å². The topological polar surface area (TPSA) is 79.8 Å². The van der Waals surface area contributed by atoms with Crippen LogP contribution in [0.25, 0.3) is 0 Å². The van der Waals surface area contributed by atoms with Crippen LogP contribution in [0.2, 0.25) is 0 Å². The van der Waals surface area contributed by atoms with Gasteiger partial charge in [0.25, 0.3) is 5.91 Å². The molecule has 1 aliphatic heterocycles. The van der Waals surface area contributed by atoms with Crippen molar-refractivity contribution in [3.8, 4) is 5.75 Å². The van der Waals surface area contributed by atoms with Crippen LogP contribution in [0.15, 0.2) is 41.4 Å². The van der Waals surface area contributed by atoms with Crippen molar-refractivity contribution in [3.63, 3.8) is 0 Å². The molecule has 2 heterocycles. The number of aromatic nitrogens is 1. The molecule has 1 amide bonds. The number of nitrogens with zero attached hydrogens (tertiary/aromatic N) is 3. The third-order valence-electron chi connectivity index (χ3n) is 4.99. The number of ether oxygens (including phenoxy) is 1. The van der Waals surface area contributed by atoms with E-state index in [1.54, 1.807) is 4.90 Å². The molecular formula is C22H26F3N3O4S. The lowest BCUT2D eigenvalue weighted by Crippen LogP contribution is -2.49. The summed E-state index contributed by atoms with van der Waals surface area (Å²) in [6, 6.07) is 6.07. The number of piperazine rings is 1. The van der Waals surface area contributed by atoms with Crippen molar-refractivity contribution in [2.75, 3.05) is 37.3 Å². The quantitative estimate of drug-likeness (QED) is 0.658. The Kier molecular flexibility index (Phi) is 6.65. The first-order valence-corrected chi connectivity index (χ1v) is 12.1. The van der Waals surface area contributed by atoms with Crippen LogP contribution in [-0.2, 0) is 16.0 Å². The van der Waals surface area contributed by atoms with Crippen LogP contribution < -0.4 is 9.64 Å². The SMILES string of the molecule is CC(C)(C)Oc1ccc(S(C)(=O)=O)cc1C(=O)N1CCN(c2cc(C(F)(F)F)ccn2)CC1. The Morgan fingerprint density at radius 2 is 1.67 bits per heavy atom. The van der Waals surface area contributed by atoms with Gasteiger partial charge < -0.3 is 14.5 Å². The maximum atomic E-state index is 13.3. The van der Waals surface area contributed by atoms with Gasteiger partial charge in [-0.3, -0.25) is 4.79 Å². The van der Waals surface area contributed by atoms with Crippen LogP contribution >= 0.6 is 0 Å². The summed E-state index contributed by atoms with van der Waals surface area (Å²) in [6.07, 6.45) is -2.30. The molecule has 3 rings (SSSR count). The summed E-state index contributed by atoms with van der Waals surface area (Å²) < 4.78 is 68.9. The zero-order valence-corrected chi connectivity index (χ0v) is 19.6. The van der Waals surface area contributed by atoms with Crippen molar-refractivity contribution in [3.05, 3.63) is 47.7 Å². The largest absolute Gasteiger partial charge is 0.487 e. The van der Waals surface area contributed by atoms with Gasteiger partial charge in [-0.2, -0.15) is 13.2 Å². The Balaban J connectivity index is 1.81. The number of carbonyl (C=O) groups is 1. The van der Waals surface area contributed by atoms with Crippen LogP contribution in [0.4, 0.5) is 19.0 Å². The van der Waals surface area contributed by atoms with E-state index in [2.05, 4.69) is 4.98 Å². The fraction of sp³-hybridized carbons (Fsp3) is 0.455. The number of anilines is 1. The molecule has 1 saturated heterocycles. The molecule has 0 saturated carbocycles. The number of amides is 1. The Hall–Kier alpha value is -2.82. The predicted octanol–water partition coefficient (Wildman–Crippen LogP) is 3.64. The molecule has 0 radical (unpaired) electrons. The average Bonchev–Trinajstić information content (AvgIpc) is 2.71. The Morgan fingerprint density at radius 3 is 2.21 bits per heavy atom. The lowest BCUT2D eigenvalue weighted by Gasteiger charge is -2.36. The number of hydrogen-bond acceptors (Lipinski definition) is 6. The van der Waals surface area contributed by atoms with Crippen molar-refractivity contribution in [1.82, 2.24) is 9.88 Å². The normalized spacial score (nSPS) is 15.5. The van der Waals surface area contributed by atoms with E-state index in [9.17, 15) is 26.4 Å². The minimum atomic E-state index is -4.47. The molecule has 0 unspecified atom stereocenters. The maximum Gasteiger partial charge on any atom is 0.416 e. The molecule has 0 aliphatic carbocycles. The molecular weight excluding hydrogens is 459 g/mol. The fourth-order valence-electron chi connectivity index (χ4n) is 3.40. The summed E-state index contributed by atoms with van der Waals surface area (Å²) in [4.78, 5) is 20.5. The highest BCUT2D eigenvalue weighted by molar-refractivity contribution is 7.90. The van der Waals surface area contributed by atoms with Gasteiger partial charge in [-0.1, -0.05) is 0 Å². The van der Waals surface area contributed by atoms with E-state index in [0.717, 1.165) is 24.6 Å². The number of rotatable bonds is 4. The fourth-order valence-corrected chi connectivity index (χ4v) is 4.05. The van der Waals surface area contributed by atoms with E-state index in [-0.39, 0.29) is 48.2 Å². The van der Waals surface area contributed by atoms with E-state index in [1.807, 2.05) is 20.8 Å². The molecule has 0 N–H and O–H groups in total. The third kappa shape index (κ3) is 6.16. The molecule has 1 fully saturated rings. The molecule has 180 valence electrons. The van der Waals surface area contributed by atoms with E-state index in [1.165, 1.54) is 23.1 Å². The van der Waals surface area contributed by atoms with Crippen molar-refractivity contribution >= 4 is 21.6 Å². The zero-order chi connectivity index (χ0) is 24.6. The Bertz CT molecular complexity index is 1140. The number of pyridine rings is 1. The summed E-state index contributed by atoms with van der Waals surface area (Å²) in [5, 5.41) is 0. The highest BCUT2D eigenvalue weighted by Crippen LogP contribution is 2.31.